The molecule has 0 saturated carbocycles. The first-order chi connectivity index (χ1) is 11.7. The van der Waals surface area contributed by atoms with Gasteiger partial charge in [0.1, 0.15) is 17.4 Å². The molecule has 1 aliphatic heterocycles. The Labute approximate surface area is 142 Å². The second-order valence-corrected chi connectivity index (χ2v) is 6.81. The molecule has 0 aliphatic carbocycles. The van der Waals surface area contributed by atoms with Gasteiger partial charge in [0.05, 0.1) is 23.4 Å². The third-order valence-electron chi connectivity index (χ3n) is 4.08. The Kier molecular flexibility index (Phi) is 3.99. The molecule has 0 N–H and O–H groups in total. The van der Waals surface area contributed by atoms with Crippen molar-refractivity contribution in [3.63, 3.8) is 0 Å². The molecule has 0 atom stereocenters. The Morgan fingerprint density at radius 1 is 1.29 bits per heavy atom. The Morgan fingerprint density at radius 3 is 3.04 bits per heavy atom. The number of ether oxygens (including phenoxy) is 1. The molecule has 124 valence electrons. The van der Waals surface area contributed by atoms with E-state index in [9.17, 15) is 4.79 Å². The zero-order valence-corrected chi connectivity index (χ0v) is 14.1. The van der Waals surface area contributed by atoms with Crippen LogP contribution >= 0.6 is 11.3 Å². The number of fused-ring (bicyclic) bond motifs is 2. The summed E-state index contributed by atoms with van der Waals surface area (Å²) >= 11 is 1.60. The molecule has 7 nitrogen and oxygen atoms in total. The lowest BCUT2D eigenvalue weighted by Gasteiger charge is -2.27. The summed E-state index contributed by atoms with van der Waals surface area (Å²) in [6.45, 7) is 4.23. The molecule has 2 aromatic heterocycles. The van der Waals surface area contributed by atoms with Gasteiger partial charge in [-0.1, -0.05) is 12.1 Å². The zero-order valence-electron chi connectivity index (χ0n) is 13.3. The first kappa shape index (κ1) is 15.2. The van der Waals surface area contributed by atoms with Gasteiger partial charge in [-0.3, -0.25) is 4.79 Å². The second kappa shape index (κ2) is 6.29. The highest BCUT2D eigenvalue weighted by atomic mass is 32.1. The Bertz CT molecular complexity index is 855. The number of carbonyl (C=O) groups excluding carboxylic acids is 1. The SMILES string of the molecule is Cc1nnc2n1CCN(C(=O)COCc1nc3ccccc3s1)C2. The summed E-state index contributed by atoms with van der Waals surface area (Å²) in [6, 6.07) is 7.97. The molecule has 0 fully saturated rings. The molecule has 1 aromatic carbocycles. The monoisotopic (exact) mass is 343 g/mol. The highest BCUT2D eigenvalue weighted by molar-refractivity contribution is 7.18. The van der Waals surface area contributed by atoms with Crippen LogP contribution in [0.15, 0.2) is 24.3 Å². The van der Waals surface area contributed by atoms with Crippen molar-refractivity contribution in [3.8, 4) is 0 Å². The molecule has 4 rings (SSSR count). The maximum atomic E-state index is 12.3. The zero-order chi connectivity index (χ0) is 16.5. The normalized spacial score (nSPS) is 14.1. The van der Waals surface area contributed by atoms with Gasteiger partial charge in [0.15, 0.2) is 5.82 Å². The lowest BCUT2D eigenvalue weighted by atomic mass is 10.3. The van der Waals surface area contributed by atoms with E-state index in [0.717, 1.165) is 33.4 Å². The molecule has 8 heteroatoms. The van der Waals surface area contributed by atoms with Crippen molar-refractivity contribution in [2.24, 2.45) is 0 Å². The smallest absolute Gasteiger partial charge is 0.249 e. The molecule has 0 radical (unpaired) electrons. The van der Waals surface area contributed by atoms with E-state index in [0.29, 0.717) is 19.7 Å². The Hall–Kier alpha value is -2.32. The van der Waals surface area contributed by atoms with Crippen LogP contribution in [0, 0.1) is 6.92 Å². The summed E-state index contributed by atoms with van der Waals surface area (Å²) in [6.07, 6.45) is 0. The highest BCUT2D eigenvalue weighted by Crippen LogP contribution is 2.22. The molecular weight excluding hydrogens is 326 g/mol. The van der Waals surface area contributed by atoms with Crippen molar-refractivity contribution in [1.29, 1.82) is 0 Å². The van der Waals surface area contributed by atoms with Gasteiger partial charge >= 0.3 is 0 Å². The van der Waals surface area contributed by atoms with Crippen LogP contribution in [-0.2, 0) is 29.2 Å². The number of benzene rings is 1. The van der Waals surface area contributed by atoms with Gasteiger partial charge in [-0.05, 0) is 19.1 Å². The largest absolute Gasteiger partial charge is 0.364 e. The minimum Gasteiger partial charge on any atom is -0.364 e. The van der Waals surface area contributed by atoms with Gasteiger partial charge in [0, 0.05) is 13.1 Å². The molecule has 3 heterocycles. The number of hydrogen-bond acceptors (Lipinski definition) is 6. The lowest BCUT2D eigenvalue weighted by molar-refractivity contribution is -0.138. The number of thiazole rings is 1. The first-order valence-corrected chi connectivity index (χ1v) is 8.61. The van der Waals surface area contributed by atoms with E-state index in [-0.39, 0.29) is 12.5 Å². The Balaban J connectivity index is 1.32. The van der Waals surface area contributed by atoms with Crippen molar-refractivity contribution < 1.29 is 9.53 Å². The molecular formula is C16H17N5O2S. The standard InChI is InChI=1S/C16H17N5O2S/c1-11-18-19-14-8-20(6-7-21(11)14)16(22)10-23-9-15-17-12-4-2-3-5-13(12)24-15/h2-5H,6-10H2,1H3. The number of amides is 1. The van der Waals surface area contributed by atoms with E-state index in [4.69, 9.17) is 4.74 Å². The second-order valence-electron chi connectivity index (χ2n) is 5.70. The molecule has 1 amide bonds. The van der Waals surface area contributed by atoms with Crippen LogP contribution in [0.5, 0.6) is 0 Å². The van der Waals surface area contributed by atoms with Gasteiger partial charge in [-0.2, -0.15) is 0 Å². The van der Waals surface area contributed by atoms with Gasteiger partial charge in [0.25, 0.3) is 0 Å². The van der Waals surface area contributed by atoms with E-state index < -0.39 is 0 Å². The molecule has 0 unspecified atom stereocenters. The van der Waals surface area contributed by atoms with Gasteiger partial charge < -0.3 is 14.2 Å². The minimum atomic E-state index is -0.0250. The van der Waals surface area contributed by atoms with Crippen molar-refractivity contribution in [1.82, 2.24) is 24.6 Å². The number of rotatable bonds is 4. The fraction of sp³-hybridized carbons (Fsp3) is 0.375. The number of hydrogen-bond donors (Lipinski definition) is 0. The van der Waals surface area contributed by atoms with Crippen LogP contribution in [0.2, 0.25) is 0 Å². The molecule has 1 aliphatic rings. The van der Waals surface area contributed by atoms with Crippen molar-refractivity contribution in [3.05, 3.63) is 40.9 Å². The third-order valence-corrected chi connectivity index (χ3v) is 5.09. The number of para-hydroxylation sites is 1. The first-order valence-electron chi connectivity index (χ1n) is 7.79. The number of carbonyl (C=O) groups is 1. The summed E-state index contributed by atoms with van der Waals surface area (Å²) in [5.41, 5.74) is 0.971. The van der Waals surface area contributed by atoms with Crippen LogP contribution in [0.4, 0.5) is 0 Å². The van der Waals surface area contributed by atoms with Gasteiger partial charge in [-0.15, -0.1) is 21.5 Å². The third kappa shape index (κ3) is 2.90. The van der Waals surface area contributed by atoms with Gasteiger partial charge in [-0.25, -0.2) is 4.98 Å². The van der Waals surface area contributed by atoms with E-state index in [1.165, 1.54) is 0 Å². The summed E-state index contributed by atoms with van der Waals surface area (Å²) in [7, 11) is 0. The fourth-order valence-electron chi connectivity index (χ4n) is 2.81. The van der Waals surface area contributed by atoms with E-state index in [2.05, 4.69) is 15.2 Å². The van der Waals surface area contributed by atoms with Crippen LogP contribution in [0.25, 0.3) is 10.2 Å². The fourth-order valence-corrected chi connectivity index (χ4v) is 3.72. The molecule has 0 bridgehead atoms. The van der Waals surface area contributed by atoms with Crippen LogP contribution in [0.1, 0.15) is 16.7 Å². The van der Waals surface area contributed by atoms with Crippen molar-refractivity contribution in [2.75, 3.05) is 13.2 Å². The molecule has 0 spiro atoms. The lowest BCUT2D eigenvalue weighted by Crippen LogP contribution is -2.40. The predicted molar refractivity (Wildman–Crippen MR) is 89.5 cm³/mol. The topological polar surface area (TPSA) is 73.1 Å². The summed E-state index contributed by atoms with van der Waals surface area (Å²) in [5, 5.41) is 9.05. The van der Waals surface area contributed by atoms with E-state index in [1.54, 1.807) is 16.2 Å². The highest BCUT2D eigenvalue weighted by Gasteiger charge is 2.23. The maximum absolute atomic E-state index is 12.3. The van der Waals surface area contributed by atoms with Crippen LogP contribution < -0.4 is 0 Å². The maximum Gasteiger partial charge on any atom is 0.249 e. The number of aryl methyl sites for hydroxylation is 1. The van der Waals surface area contributed by atoms with Crippen LogP contribution in [0.3, 0.4) is 0 Å². The van der Waals surface area contributed by atoms with Gasteiger partial charge in [0.2, 0.25) is 5.91 Å². The number of nitrogens with zero attached hydrogens (tertiary/aromatic N) is 5. The Morgan fingerprint density at radius 2 is 2.17 bits per heavy atom. The quantitative estimate of drug-likeness (QED) is 0.722. The van der Waals surface area contributed by atoms with Crippen LogP contribution in [-0.4, -0.2) is 43.7 Å². The minimum absolute atomic E-state index is 0.0250. The summed E-state index contributed by atoms with van der Waals surface area (Å²) in [4.78, 5) is 18.6. The average molecular weight is 343 g/mol. The average Bonchev–Trinajstić information content (AvgIpc) is 3.17. The van der Waals surface area contributed by atoms with E-state index in [1.807, 2.05) is 35.8 Å². The summed E-state index contributed by atoms with van der Waals surface area (Å²) < 4.78 is 8.75. The molecule has 24 heavy (non-hydrogen) atoms. The number of aromatic nitrogens is 4. The van der Waals surface area contributed by atoms with Crippen molar-refractivity contribution >= 4 is 27.5 Å². The van der Waals surface area contributed by atoms with Crippen molar-refractivity contribution in [2.45, 2.75) is 26.6 Å². The molecule has 0 saturated heterocycles. The molecule has 3 aromatic rings. The summed E-state index contributed by atoms with van der Waals surface area (Å²) in [5.74, 6) is 1.70. The predicted octanol–water partition coefficient (Wildman–Crippen LogP) is 1.76. The van der Waals surface area contributed by atoms with E-state index >= 15 is 0 Å².